The zero-order valence-electron chi connectivity index (χ0n) is 59.9. The minimum Gasteiger partial charge on any atom is -0.462 e. The maximum absolute atomic E-state index is 13.1. The maximum atomic E-state index is 13.1. The van der Waals surface area contributed by atoms with Gasteiger partial charge < -0.3 is 33.8 Å². The molecule has 3 N–H and O–H groups in total. The van der Waals surface area contributed by atoms with E-state index in [4.69, 9.17) is 37.0 Å². The van der Waals surface area contributed by atoms with Gasteiger partial charge in [0, 0.05) is 25.7 Å². The summed E-state index contributed by atoms with van der Waals surface area (Å²) < 4.78 is 68.3. The number of phosphoric acid groups is 2. The Morgan fingerprint density at radius 2 is 0.500 bits per heavy atom. The van der Waals surface area contributed by atoms with Gasteiger partial charge >= 0.3 is 39.5 Å². The first-order chi connectivity index (χ1) is 44.4. The summed E-state index contributed by atoms with van der Waals surface area (Å²) in [6.07, 6.45) is 51.5. The predicted molar refractivity (Wildman–Crippen MR) is 372 cm³/mol. The lowest BCUT2D eigenvalue weighted by atomic mass is 10.0. The van der Waals surface area contributed by atoms with Gasteiger partial charge in [-0.25, -0.2) is 9.13 Å². The summed E-state index contributed by atoms with van der Waals surface area (Å²) in [7, 11) is -9.90. The molecule has 19 heteroatoms. The molecule has 0 heterocycles. The third-order valence-corrected chi connectivity index (χ3v) is 18.9. The van der Waals surface area contributed by atoms with Gasteiger partial charge in [0.05, 0.1) is 26.4 Å². The van der Waals surface area contributed by atoms with Gasteiger partial charge in [-0.2, -0.15) is 0 Å². The smallest absolute Gasteiger partial charge is 0.462 e. The number of carbonyl (C=O) groups excluding carboxylic acids is 4. The lowest BCUT2D eigenvalue weighted by Gasteiger charge is -2.21. The lowest BCUT2D eigenvalue weighted by Crippen LogP contribution is -2.30. The standard InChI is InChI=1S/C73H142O17P2/c1-7-9-11-13-15-17-18-19-22-26-29-32-38-44-50-56-71(76)84-62-68(89-72(77)57-51-45-39-33-30-27-24-21-20-23-25-28-31-35-41-47-53-65(3)4)63-87-91(79,80)85-59-67(74)60-86-92(81,82)88-64-69(61-83-70(75)55-49-43-37-16-14-12-10-8-2)90-73(78)58-52-46-40-34-36-42-48-54-66(5)6/h65-69,74H,7-64H2,1-6H3,(H,79,80)(H,81,82)/t67-,68-,69-/m1/s1. The van der Waals surface area contributed by atoms with Gasteiger partial charge in [-0.15, -0.1) is 0 Å². The minimum atomic E-state index is -4.95. The molecule has 2 unspecified atom stereocenters. The molecule has 0 amide bonds. The van der Waals surface area contributed by atoms with Crippen LogP contribution < -0.4 is 0 Å². The maximum Gasteiger partial charge on any atom is 0.472 e. The molecule has 0 spiro atoms. The van der Waals surface area contributed by atoms with Crippen molar-refractivity contribution in [3.63, 3.8) is 0 Å². The van der Waals surface area contributed by atoms with E-state index in [0.29, 0.717) is 31.6 Å². The molecule has 0 bridgehead atoms. The Balaban J connectivity index is 5.19. The first kappa shape index (κ1) is 90.1. The van der Waals surface area contributed by atoms with Gasteiger partial charge in [0.2, 0.25) is 0 Å². The fourth-order valence-corrected chi connectivity index (χ4v) is 12.7. The van der Waals surface area contributed by atoms with Crippen molar-refractivity contribution < 1.29 is 80.2 Å². The van der Waals surface area contributed by atoms with Crippen LogP contribution in [0.3, 0.4) is 0 Å². The molecule has 0 aromatic heterocycles. The highest BCUT2D eigenvalue weighted by atomic mass is 31.2. The van der Waals surface area contributed by atoms with Crippen molar-refractivity contribution in [2.75, 3.05) is 39.6 Å². The topological polar surface area (TPSA) is 237 Å². The van der Waals surface area contributed by atoms with Crippen LogP contribution in [-0.2, 0) is 65.4 Å². The molecule has 0 saturated carbocycles. The first-order valence-corrected chi connectivity index (χ1v) is 41.0. The molecule has 0 aliphatic carbocycles. The SMILES string of the molecule is CCCCCCCCCCCCCCCCCC(=O)OC[C@H](COP(=O)(O)OC[C@@H](O)COP(=O)(O)OC[C@@H](COC(=O)CCCCCCCCCC)OC(=O)CCCCCCCCCC(C)C)OC(=O)CCCCCCCCCCCCCCCCCCC(C)C. The van der Waals surface area contributed by atoms with E-state index in [2.05, 4.69) is 41.5 Å². The molecule has 5 atom stereocenters. The first-order valence-electron chi connectivity index (χ1n) is 38.0. The quantitative estimate of drug-likeness (QED) is 0.0222. The highest BCUT2D eigenvalue weighted by molar-refractivity contribution is 7.47. The van der Waals surface area contributed by atoms with Crippen molar-refractivity contribution in [2.45, 2.75) is 394 Å². The minimum absolute atomic E-state index is 0.103. The Labute approximate surface area is 562 Å². The van der Waals surface area contributed by atoms with E-state index in [9.17, 15) is 43.2 Å². The lowest BCUT2D eigenvalue weighted by molar-refractivity contribution is -0.161. The molecular formula is C73H142O17P2. The third kappa shape index (κ3) is 66.7. The van der Waals surface area contributed by atoms with Crippen LogP contribution in [0.5, 0.6) is 0 Å². The average molecular weight is 1350 g/mol. The summed E-state index contributed by atoms with van der Waals surface area (Å²) in [4.78, 5) is 72.5. The molecule has 546 valence electrons. The summed E-state index contributed by atoms with van der Waals surface area (Å²) in [6, 6.07) is 0. The molecule has 0 fully saturated rings. The van der Waals surface area contributed by atoms with Crippen molar-refractivity contribution in [1.82, 2.24) is 0 Å². The second kappa shape index (κ2) is 65.0. The van der Waals surface area contributed by atoms with Crippen LogP contribution in [0.4, 0.5) is 0 Å². The van der Waals surface area contributed by atoms with Crippen molar-refractivity contribution in [3.8, 4) is 0 Å². The number of carbonyl (C=O) groups is 4. The van der Waals surface area contributed by atoms with Gasteiger partial charge in [-0.1, -0.05) is 324 Å². The van der Waals surface area contributed by atoms with Crippen molar-refractivity contribution in [1.29, 1.82) is 0 Å². The number of rotatable bonds is 72. The monoisotopic (exact) mass is 1350 g/mol. The van der Waals surface area contributed by atoms with Crippen LogP contribution in [0.15, 0.2) is 0 Å². The molecule has 0 aliphatic heterocycles. The summed E-state index contributed by atoms with van der Waals surface area (Å²) >= 11 is 0. The van der Waals surface area contributed by atoms with E-state index >= 15 is 0 Å². The van der Waals surface area contributed by atoms with Crippen LogP contribution >= 0.6 is 15.6 Å². The van der Waals surface area contributed by atoms with Crippen molar-refractivity contribution in [2.24, 2.45) is 11.8 Å². The molecule has 17 nitrogen and oxygen atoms in total. The Kier molecular flexibility index (Phi) is 63.7. The summed E-state index contributed by atoms with van der Waals surface area (Å²) in [6.45, 7) is 9.51. The number of hydrogen-bond donors (Lipinski definition) is 3. The van der Waals surface area contributed by atoms with Gasteiger partial charge in [0.1, 0.15) is 19.3 Å². The van der Waals surface area contributed by atoms with Gasteiger partial charge in [0.15, 0.2) is 12.2 Å². The number of ether oxygens (including phenoxy) is 4. The number of hydrogen-bond acceptors (Lipinski definition) is 15. The Bertz CT molecular complexity index is 1790. The number of aliphatic hydroxyl groups excluding tert-OH is 1. The molecule has 92 heavy (non-hydrogen) atoms. The third-order valence-electron chi connectivity index (χ3n) is 17.0. The number of phosphoric ester groups is 2. The molecule has 0 saturated heterocycles. The summed E-state index contributed by atoms with van der Waals surface area (Å²) in [5.41, 5.74) is 0. The molecular weight excluding hydrogens is 1210 g/mol. The van der Waals surface area contributed by atoms with E-state index in [1.54, 1.807) is 0 Å². The van der Waals surface area contributed by atoms with E-state index in [0.717, 1.165) is 102 Å². The normalized spacial score (nSPS) is 14.1. The Morgan fingerprint density at radius 1 is 0.293 bits per heavy atom. The van der Waals surface area contributed by atoms with Gasteiger partial charge in [-0.05, 0) is 37.5 Å². The van der Waals surface area contributed by atoms with Crippen LogP contribution in [-0.4, -0.2) is 96.7 Å². The zero-order chi connectivity index (χ0) is 67.9. The second-order valence-electron chi connectivity index (χ2n) is 27.3. The van der Waals surface area contributed by atoms with E-state index in [1.807, 2.05) is 0 Å². The van der Waals surface area contributed by atoms with E-state index < -0.39 is 97.5 Å². The molecule has 0 radical (unpaired) electrons. The molecule has 0 aromatic carbocycles. The number of unbranched alkanes of at least 4 members (excludes halogenated alkanes) is 42. The summed E-state index contributed by atoms with van der Waals surface area (Å²) in [5.74, 6) is -0.619. The van der Waals surface area contributed by atoms with Gasteiger partial charge in [-0.3, -0.25) is 37.3 Å². The van der Waals surface area contributed by atoms with Crippen molar-refractivity contribution in [3.05, 3.63) is 0 Å². The van der Waals surface area contributed by atoms with Crippen LogP contribution in [0.25, 0.3) is 0 Å². The molecule has 0 aliphatic rings. The predicted octanol–water partition coefficient (Wildman–Crippen LogP) is 21.2. The van der Waals surface area contributed by atoms with E-state index in [-0.39, 0.29) is 25.7 Å². The average Bonchev–Trinajstić information content (AvgIpc) is 3.60. The number of esters is 4. The highest BCUT2D eigenvalue weighted by Gasteiger charge is 2.30. The van der Waals surface area contributed by atoms with Crippen LogP contribution in [0.2, 0.25) is 0 Å². The number of aliphatic hydroxyl groups is 1. The van der Waals surface area contributed by atoms with Crippen LogP contribution in [0.1, 0.15) is 375 Å². The van der Waals surface area contributed by atoms with E-state index in [1.165, 1.54) is 186 Å². The Hall–Kier alpha value is -1.94. The van der Waals surface area contributed by atoms with Gasteiger partial charge in [0.25, 0.3) is 0 Å². The van der Waals surface area contributed by atoms with Crippen molar-refractivity contribution >= 4 is 39.5 Å². The second-order valence-corrected chi connectivity index (χ2v) is 30.2. The highest BCUT2D eigenvalue weighted by Crippen LogP contribution is 2.45. The molecule has 0 rings (SSSR count). The van der Waals surface area contributed by atoms with Crippen LogP contribution in [0, 0.1) is 11.8 Å². The fourth-order valence-electron chi connectivity index (χ4n) is 11.1. The summed E-state index contributed by atoms with van der Waals surface area (Å²) in [5, 5.41) is 10.6. The fraction of sp³-hybridized carbons (Fsp3) is 0.945. The Morgan fingerprint density at radius 3 is 0.739 bits per heavy atom. The molecule has 0 aromatic rings. The largest absolute Gasteiger partial charge is 0.472 e. The zero-order valence-corrected chi connectivity index (χ0v) is 61.6.